The van der Waals surface area contributed by atoms with E-state index in [4.69, 9.17) is 0 Å². The molecule has 2 aliphatic heterocycles. The number of carbonyl (C=O) groups is 1. The molecule has 2 heterocycles. The fraction of sp³-hybridized carbons (Fsp3) is 0.696. The van der Waals surface area contributed by atoms with Crippen LogP contribution in [0.15, 0.2) is 24.3 Å². The third kappa shape index (κ3) is 3.55. The molecule has 3 aliphatic rings. The molecule has 26 heavy (non-hydrogen) atoms. The molecule has 1 atom stereocenters. The first kappa shape index (κ1) is 18.0. The summed E-state index contributed by atoms with van der Waals surface area (Å²) in [7, 11) is 0. The molecule has 0 unspecified atom stereocenters. The SMILES string of the molecule is CC(C)c1ccc(CN2CCC[C@]3(CCN(C(=O)C4(C)CC4)C3)C2)cc1. The number of likely N-dealkylation sites (tertiary alicyclic amines) is 2. The van der Waals surface area contributed by atoms with Crippen LogP contribution >= 0.6 is 0 Å². The van der Waals surface area contributed by atoms with Gasteiger partial charge in [-0.05, 0) is 55.7 Å². The van der Waals surface area contributed by atoms with Gasteiger partial charge in [-0.3, -0.25) is 9.69 Å². The van der Waals surface area contributed by atoms with Crippen LogP contribution in [0.1, 0.15) is 69.9 Å². The van der Waals surface area contributed by atoms with Crippen LogP contribution < -0.4 is 0 Å². The summed E-state index contributed by atoms with van der Waals surface area (Å²) < 4.78 is 0. The molecule has 1 aliphatic carbocycles. The predicted octanol–water partition coefficient (Wildman–Crippen LogP) is 4.42. The van der Waals surface area contributed by atoms with Crippen LogP contribution in [-0.4, -0.2) is 41.9 Å². The molecular weight excluding hydrogens is 320 g/mol. The second kappa shape index (κ2) is 6.67. The lowest BCUT2D eigenvalue weighted by molar-refractivity contribution is -0.135. The maximum Gasteiger partial charge on any atom is 0.228 e. The number of carbonyl (C=O) groups excluding carboxylic acids is 1. The van der Waals surface area contributed by atoms with Crippen molar-refractivity contribution in [1.82, 2.24) is 9.80 Å². The van der Waals surface area contributed by atoms with Crippen molar-refractivity contribution in [3.8, 4) is 0 Å². The highest BCUT2D eigenvalue weighted by Crippen LogP contribution is 2.49. The Balaban J connectivity index is 1.37. The summed E-state index contributed by atoms with van der Waals surface area (Å²) in [5.41, 5.74) is 3.17. The summed E-state index contributed by atoms with van der Waals surface area (Å²) in [4.78, 5) is 17.5. The average Bonchev–Trinajstić information content (AvgIpc) is 3.25. The molecule has 1 amide bonds. The van der Waals surface area contributed by atoms with Crippen LogP contribution in [0.2, 0.25) is 0 Å². The number of piperidine rings is 1. The number of amides is 1. The first-order valence-electron chi connectivity index (χ1n) is 10.5. The predicted molar refractivity (Wildman–Crippen MR) is 106 cm³/mol. The summed E-state index contributed by atoms with van der Waals surface area (Å²) in [6, 6.07) is 9.17. The maximum atomic E-state index is 12.7. The Bertz CT molecular complexity index is 661. The second-order valence-corrected chi connectivity index (χ2v) is 9.75. The highest BCUT2D eigenvalue weighted by molar-refractivity contribution is 5.85. The molecule has 3 nitrogen and oxygen atoms in total. The van der Waals surface area contributed by atoms with Crippen molar-refractivity contribution < 1.29 is 4.79 Å². The van der Waals surface area contributed by atoms with Crippen molar-refractivity contribution in [2.45, 2.75) is 65.3 Å². The van der Waals surface area contributed by atoms with Gasteiger partial charge in [0.05, 0.1) is 0 Å². The molecule has 0 radical (unpaired) electrons. The molecule has 0 aromatic heterocycles. The van der Waals surface area contributed by atoms with Gasteiger partial charge in [0.15, 0.2) is 0 Å². The Hall–Kier alpha value is -1.35. The molecule has 3 fully saturated rings. The maximum absolute atomic E-state index is 12.7. The van der Waals surface area contributed by atoms with Crippen molar-refractivity contribution in [2.75, 3.05) is 26.2 Å². The zero-order valence-electron chi connectivity index (χ0n) is 16.8. The fourth-order valence-corrected chi connectivity index (χ4v) is 4.94. The van der Waals surface area contributed by atoms with Crippen LogP contribution in [0.3, 0.4) is 0 Å². The van der Waals surface area contributed by atoms with E-state index in [1.165, 1.54) is 36.9 Å². The Morgan fingerprint density at radius 1 is 1.04 bits per heavy atom. The fourth-order valence-electron chi connectivity index (χ4n) is 4.94. The monoisotopic (exact) mass is 354 g/mol. The van der Waals surface area contributed by atoms with Crippen molar-refractivity contribution in [2.24, 2.45) is 10.8 Å². The molecule has 1 saturated carbocycles. The molecule has 2 saturated heterocycles. The normalized spacial score (nSPS) is 28.1. The van der Waals surface area contributed by atoms with Crippen LogP contribution in [0.25, 0.3) is 0 Å². The molecule has 4 rings (SSSR count). The Kier molecular flexibility index (Phi) is 4.63. The number of nitrogens with zero attached hydrogens (tertiary/aromatic N) is 2. The lowest BCUT2D eigenvalue weighted by atomic mass is 9.79. The molecule has 1 spiro atoms. The van der Waals surface area contributed by atoms with Gasteiger partial charge in [0.2, 0.25) is 5.91 Å². The average molecular weight is 355 g/mol. The van der Waals surface area contributed by atoms with E-state index in [9.17, 15) is 4.79 Å². The highest BCUT2D eigenvalue weighted by Gasteiger charge is 2.51. The first-order valence-corrected chi connectivity index (χ1v) is 10.5. The Labute approximate surface area is 158 Å². The lowest BCUT2D eigenvalue weighted by Crippen LogP contribution is -2.45. The van der Waals surface area contributed by atoms with Gasteiger partial charge in [0.25, 0.3) is 0 Å². The van der Waals surface area contributed by atoms with E-state index in [0.29, 0.717) is 17.2 Å². The minimum atomic E-state index is -0.0158. The van der Waals surface area contributed by atoms with Crippen molar-refractivity contribution in [3.63, 3.8) is 0 Å². The molecule has 142 valence electrons. The van der Waals surface area contributed by atoms with Crippen LogP contribution in [-0.2, 0) is 11.3 Å². The van der Waals surface area contributed by atoms with Gasteiger partial charge in [-0.25, -0.2) is 0 Å². The van der Waals surface area contributed by atoms with Gasteiger partial charge in [-0.2, -0.15) is 0 Å². The summed E-state index contributed by atoms with van der Waals surface area (Å²) in [5, 5.41) is 0. The third-order valence-corrected chi connectivity index (χ3v) is 7.03. The Morgan fingerprint density at radius 2 is 1.77 bits per heavy atom. The van der Waals surface area contributed by atoms with E-state index in [0.717, 1.165) is 39.0 Å². The van der Waals surface area contributed by atoms with E-state index in [-0.39, 0.29) is 5.41 Å². The second-order valence-electron chi connectivity index (χ2n) is 9.75. The van der Waals surface area contributed by atoms with Gasteiger partial charge in [0, 0.05) is 37.0 Å². The van der Waals surface area contributed by atoms with Crippen molar-refractivity contribution >= 4 is 5.91 Å². The minimum absolute atomic E-state index is 0.0158. The van der Waals surface area contributed by atoms with Gasteiger partial charge in [-0.15, -0.1) is 0 Å². The molecule has 1 aromatic rings. The number of hydrogen-bond donors (Lipinski definition) is 0. The quantitative estimate of drug-likeness (QED) is 0.799. The third-order valence-electron chi connectivity index (χ3n) is 7.03. The summed E-state index contributed by atoms with van der Waals surface area (Å²) in [5.74, 6) is 1.02. The van der Waals surface area contributed by atoms with Crippen LogP contribution in [0.4, 0.5) is 0 Å². The number of benzene rings is 1. The van der Waals surface area contributed by atoms with Crippen molar-refractivity contribution in [3.05, 3.63) is 35.4 Å². The minimum Gasteiger partial charge on any atom is -0.342 e. The summed E-state index contributed by atoms with van der Waals surface area (Å²) >= 11 is 0. The highest BCUT2D eigenvalue weighted by atomic mass is 16.2. The van der Waals surface area contributed by atoms with E-state index in [1.54, 1.807) is 0 Å². The number of hydrogen-bond acceptors (Lipinski definition) is 2. The largest absolute Gasteiger partial charge is 0.342 e. The first-order chi connectivity index (χ1) is 12.4. The molecule has 1 aromatic carbocycles. The standard InChI is InChI=1S/C23H34N2O/c1-18(2)20-7-5-19(6-8-20)15-24-13-4-9-23(16-24)12-14-25(17-23)21(26)22(3)10-11-22/h5-8,18H,4,9-17H2,1-3H3/t23-/m0/s1. The van der Waals surface area contributed by atoms with Crippen LogP contribution in [0, 0.1) is 10.8 Å². The smallest absolute Gasteiger partial charge is 0.228 e. The van der Waals surface area contributed by atoms with Crippen LogP contribution in [0.5, 0.6) is 0 Å². The molecule has 0 bridgehead atoms. The lowest BCUT2D eigenvalue weighted by Gasteiger charge is -2.40. The summed E-state index contributed by atoms with van der Waals surface area (Å²) in [6.07, 6.45) is 5.93. The molecular formula is C23H34N2O. The van der Waals surface area contributed by atoms with Gasteiger partial charge in [-0.1, -0.05) is 45.0 Å². The van der Waals surface area contributed by atoms with E-state index in [1.807, 2.05) is 0 Å². The van der Waals surface area contributed by atoms with Crippen molar-refractivity contribution in [1.29, 1.82) is 0 Å². The molecule has 3 heteroatoms. The van der Waals surface area contributed by atoms with E-state index >= 15 is 0 Å². The molecule has 0 N–H and O–H groups in total. The summed E-state index contributed by atoms with van der Waals surface area (Å²) in [6.45, 7) is 12.0. The van der Waals surface area contributed by atoms with Gasteiger partial charge < -0.3 is 4.90 Å². The van der Waals surface area contributed by atoms with Gasteiger partial charge >= 0.3 is 0 Å². The Morgan fingerprint density at radius 3 is 2.42 bits per heavy atom. The van der Waals surface area contributed by atoms with E-state index in [2.05, 4.69) is 54.8 Å². The zero-order valence-corrected chi connectivity index (χ0v) is 16.8. The number of rotatable bonds is 4. The van der Waals surface area contributed by atoms with Gasteiger partial charge in [0.1, 0.15) is 0 Å². The van der Waals surface area contributed by atoms with E-state index < -0.39 is 0 Å². The topological polar surface area (TPSA) is 23.6 Å². The zero-order chi connectivity index (χ0) is 18.4.